The third-order valence-electron chi connectivity index (χ3n) is 6.22. The summed E-state index contributed by atoms with van der Waals surface area (Å²) in [5.41, 5.74) is 6.21. The number of nitrogens with zero attached hydrogens (tertiary/aromatic N) is 3. The zero-order valence-corrected chi connectivity index (χ0v) is 18.9. The number of amides is 2. The van der Waals surface area contributed by atoms with Gasteiger partial charge in [0.25, 0.3) is 10.2 Å². The molecule has 0 aromatic heterocycles. The molecule has 1 aromatic rings. The summed E-state index contributed by atoms with van der Waals surface area (Å²) in [7, 11) is -1.73. The number of nitrogens with one attached hydrogen (secondary N) is 1. The number of hydrogen-bond donors (Lipinski definition) is 2. The quantitative estimate of drug-likeness (QED) is 0.617. The average molecular weight is 452 g/mol. The molecule has 0 unspecified atom stereocenters. The molecule has 2 amide bonds. The van der Waals surface area contributed by atoms with Crippen molar-refractivity contribution >= 4 is 27.7 Å². The molecule has 0 radical (unpaired) electrons. The topological polar surface area (TPSA) is 116 Å². The lowest BCUT2D eigenvalue weighted by atomic mass is 9.96. The van der Waals surface area contributed by atoms with Crippen LogP contribution in [-0.2, 0) is 15.0 Å². The van der Waals surface area contributed by atoms with Gasteiger partial charge in [0.05, 0.1) is 0 Å². The summed E-state index contributed by atoms with van der Waals surface area (Å²) in [6.45, 7) is 2.67. The van der Waals surface area contributed by atoms with E-state index in [2.05, 4.69) is 10.2 Å². The molecule has 3 N–H and O–H groups in total. The van der Waals surface area contributed by atoms with Gasteiger partial charge in [-0.05, 0) is 37.1 Å². The highest BCUT2D eigenvalue weighted by atomic mass is 32.2. The first kappa shape index (κ1) is 23.6. The minimum Gasteiger partial charge on any atom is -0.366 e. The predicted octanol–water partition coefficient (Wildman–Crippen LogP) is 1.24. The van der Waals surface area contributed by atoms with E-state index in [0.29, 0.717) is 50.4 Å². The van der Waals surface area contributed by atoms with Crippen LogP contribution in [0.4, 0.5) is 5.69 Å². The highest BCUT2D eigenvalue weighted by Gasteiger charge is 2.34. The molecule has 1 aliphatic carbocycles. The van der Waals surface area contributed by atoms with Crippen molar-refractivity contribution in [3.63, 3.8) is 0 Å². The summed E-state index contributed by atoms with van der Waals surface area (Å²) in [4.78, 5) is 25.4. The van der Waals surface area contributed by atoms with Gasteiger partial charge in [0.15, 0.2) is 0 Å². The van der Waals surface area contributed by atoms with Crippen LogP contribution in [0, 0.1) is 0 Å². The molecular formula is C21H33N5O4S. The second-order valence-corrected chi connectivity index (χ2v) is 10.3. The standard InChI is InChI=1S/C21H33N5O4S/c1-24(19-5-3-2-4-6-19)31(29,30)26-15-13-25(14-16-26)12-11-20(27)23-18-9-7-17(8-10-18)21(22)28/h7-10,19H,2-6,11-16H2,1H3,(H2,22,28)(H,23,27). The number of rotatable bonds is 8. The van der Waals surface area contributed by atoms with E-state index in [-0.39, 0.29) is 11.9 Å². The van der Waals surface area contributed by atoms with E-state index in [1.807, 2.05) is 0 Å². The first-order chi connectivity index (χ1) is 14.8. The maximum Gasteiger partial charge on any atom is 0.282 e. The summed E-state index contributed by atoms with van der Waals surface area (Å²) in [6.07, 6.45) is 5.57. The number of carbonyl (C=O) groups is 2. The molecule has 1 saturated carbocycles. The van der Waals surface area contributed by atoms with Crippen LogP contribution in [0.1, 0.15) is 48.9 Å². The Hall–Kier alpha value is -2.01. The van der Waals surface area contributed by atoms with Gasteiger partial charge in [0, 0.05) is 63.5 Å². The molecule has 172 valence electrons. The van der Waals surface area contributed by atoms with E-state index < -0.39 is 16.1 Å². The molecule has 1 saturated heterocycles. The maximum atomic E-state index is 13.0. The van der Waals surface area contributed by atoms with Gasteiger partial charge in [-0.3, -0.25) is 9.59 Å². The normalized spacial score (nSPS) is 19.4. The van der Waals surface area contributed by atoms with Gasteiger partial charge in [-0.25, -0.2) is 0 Å². The Bertz CT molecular complexity index is 860. The smallest absolute Gasteiger partial charge is 0.282 e. The molecule has 3 rings (SSSR count). The molecule has 0 spiro atoms. The Kier molecular flexibility index (Phi) is 8.04. The molecule has 1 aromatic carbocycles. The zero-order valence-electron chi connectivity index (χ0n) is 18.1. The first-order valence-corrected chi connectivity index (χ1v) is 12.3. The van der Waals surface area contributed by atoms with Crippen LogP contribution >= 0.6 is 0 Å². The molecule has 1 aliphatic heterocycles. The van der Waals surface area contributed by atoms with Crippen molar-refractivity contribution < 1.29 is 18.0 Å². The Morgan fingerprint density at radius 2 is 1.68 bits per heavy atom. The van der Waals surface area contributed by atoms with E-state index in [0.717, 1.165) is 25.7 Å². The van der Waals surface area contributed by atoms with Gasteiger partial charge in [-0.15, -0.1) is 0 Å². The fourth-order valence-electron chi connectivity index (χ4n) is 4.20. The van der Waals surface area contributed by atoms with Gasteiger partial charge in [0.1, 0.15) is 0 Å². The first-order valence-electron chi connectivity index (χ1n) is 10.9. The Morgan fingerprint density at radius 1 is 1.06 bits per heavy atom. The van der Waals surface area contributed by atoms with Crippen LogP contribution in [-0.4, -0.2) is 79.6 Å². The van der Waals surface area contributed by atoms with Gasteiger partial charge in [-0.1, -0.05) is 19.3 Å². The summed E-state index contributed by atoms with van der Waals surface area (Å²) in [5.74, 6) is -0.636. The number of piperazine rings is 1. The Labute approximate surface area is 184 Å². The van der Waals surface area contributed by atoms with E-state index in [1.54, 1.807) is 39.9 Å². The summed E-state index contributed by atoms with van der Waals surface area (Å²) >= 11 is 0. The Balaban J connectivity index is 1.42. The second-order valence-electron chi connectivity index (χ2n) is 8.30. The molecule has 0 atom stereocenters. The highest BCUT2D eigenvalue weighted by Crippen LogP contribution is 2.25. The number of anilines is 1. The van der Waals surface area contributed by atoms with Crippen LogP contribution in [0.5, 0.6) is 0 Å². The van der Waals surface area contributed by atoms with Gasteiger partial charge >= 0.3 is 0 Å². The lowest BCUT2D eigenvalue weighted by Gasteiger charge is -2.38. The van der Waals surface area contributed by atoms with Crippen molar-refractivity contribution in [1.82, 2.24) is 13.5 Å². The van der Waals surface area contributed by atoms with Gasteiger partial charge in [-0.2, -0.15) is 17.0 Å². The van der Waals surface area contributed by atoms with E-state index in [4.69, 9.17) is 5.73 Å². The zero-order chi connectivity index (χ0) is 22.4. The monoisotopic (exact) mass is 451 g/mol. The molecule has 2 fully saturated rings. The number of primary amides is 1. The SMILES string of the molecule is CN(C1CCCCC1)S(=O)(=O)N1CCN(CCC(=O)Nc2ccc(C(N)=O)cc2)CC1. The second kappa shape index (κ2) is 10.5. The van der Waals surface area contributed by atoms with Crippen molar-refractivity contribution in [1.29, 1.82) is 0 Å². The number of benzene rings is 1. The van der Waals surface area contributed by atoms with Crippen molar-refractivity contribution in [2.45, 2.75) is 44.6 Å². The van der Waals surface area contributed by atoms with Gasteiger partial charge < -0.3 is 16.0 Å². The van der Waals surface area contributed by atoms with Gasteiger partial charge in [0.2, 0.25) is 11.8 Å². The largest absolute Gasteiger partial charge is 0.366 e. The molecule has 1 heterocycles. The number of hydrogen-bond acceptors (Lipinski definition) is 5. The third kappa shape index (κ3) is 6.25. The predicted molar refractivity (Wildman–Crippen MR) is 120 cm³/mol. The van der Waals surface area contributed by atoms with Crippen LogP contribution in [0.2, 0.25) is 0 Å². The maximum absolute atomic E-state index is 13.0. The van der Waals surface area contributed by atoms with Crippen molar-refractivity contribution in [2.75, 3.05) is 45.1 Å². The summed E-state index contributed by atoms with van der Waals surface area (Å²) in [5, 5.41) is 2.80. The molecule has 31 heavy (non-hydrogen) atoms. The van der Waals surface area contributed by atoms with E-state index in [9.17, 15) is 18.0 Å². The Morgan fingerprint density at radius 3 is 2.26 bits per heavy atom. The van der Waals surface area contributed by atoms with Crippen molar-refractivity contribution in [2.24, 2.45) is 5.73 Å². The van der Waals surface area contributed by atoms with E-state index >= 15 is 0 Å². The molecule has 0 bridgehead atoms. The minimum absolute atomic E-state index is 0.109. The van der Waals surface area contributed by atoms with Crippen LogP contribution in [0.25, 0.3) is 0 Å². The van der Waals surface area contributed by atoms with Crippen LogP contribution in [0.15, 0.2) is 24.3 Å². The molecular weight excluding hydrogens is 418 g/mol. The molecule has 2 aliphatic rings. The summed E-state index contributed by atoms with van der Waals surface area (Å²) in [6, 6.07) is 6.54. The molecule has 10 heteroatoms. The van der Waals surface area contributed by atoms with Crippen LogP contribution < -0.4 is 11.1 Å². The fraction of sp³-hybridized carbons (Fsp3) is 0.619. The minimum atomic E-state index is -3.44. The lowest BCUT2D eigenvalue weighted by Crippen LogP contribution is -2.54. The molecule has 9 nitrogen and oxygen atoms in total. The third-order valence-corrected chi connectivity index (χ3v) is 8.26. The number of carbonyl (C=O) groups excluding carboxylic acids is 2. The highest BCUT2D eigenvalue weighted by molar-refractivity contribution is 7.86. The summed E-state index contributed by atoms with van der Waals surface area (Å²) < 4.78 is 29.1. The van der Waals surface area contributed by atoms with Crippen LogP contribution in [0.3, 0.4) is 0 Å². The lowest BCUT2D eigenvalue weighted by molar-refractivity contribution is -0.116. The van der Waals surface area contributed by atoms with E-state index in [1.165, 1.54) is 6.42 Å². The fourth-order valence-corrected chi connectivity index (χ4v) is 5.78. The number of nitrogens with two attached hydrogens (primary N) is 1. The van der Waals surface area contributed by atoms with Crippen molar-refractivity contribution in [3.8, 4) is 0 Å². The average Bonchev–Trinajstić information content (AvgIpc) is 2.78. The van der Waals surface area contributed by atoms with Crippen molar-refractivity contribution in [3.05, 3.63) is 29.8 Å².